The van der Waals surface area contributed by atoms with Crippen LogP contribution in [-0.4, -0.2) is 14.1 Å². The summed E-state index contributed by atoms with van der Waals surface area (Å²) in [6.07, 6.45) is 0.138. The number of para-hydroxylation sites is 3. The zero-order valence-corrected chi connectivity index (χ0v) is 41.4. The van der Waals surface area contributed by atoms with Gasteiger partial charge >= 0.3 is 0 Å². The Morgan fingerprint density at radius 3 is 1.93 bits per heavy atom. The van der Waals surface area contributed by atoms with Crippen molar-refractivity contribution >= 4 is 76.5 Å². The van der Waals surface area contributed by atoms with Crippen molar-refractivity contribution < 1.29 is 14.3 Å². The van der Waals surface area contributed by atoms with Gasteiger partial charge in [-0.05, 0) is 122 Å². The second kappa shape index (κ2) is 17.6. The van der Waals surface area contributed by atoms with E-state index in [0.717, 1.165) is 93.2 Å². The molecule has 0 N–H and O–H groups in total. The standard InChI is InChI=1S/C68H56N4O/c1-44(2)36-45-34-35-69-65(37-45)72-62-30-14-13-26-58(62)59-33-32-52(42-64(59)72)73-51-21-15-20-50(41-51)70-43-71-66-53(48-38-47(46-18-7-6-8-19-46)39-49(40-48)68(3,4)5)27-16-28-60(66)56-24-11-9-22-54(56)55-23-10-12-25-57(55)61-29-17-31-63(70)67(61)71/h6-35,37-42,44H,36,43H2,1-5H3/i6D,7D,8D,18D,19D,36D2. The van der Waals surface area contributed by atoms with Gasteiger partial charge < -0.3 is 14.2 Å². The summed E-state index contributed by atoms with van der Waals surface area (Å²) < 4.78 is 73.1. The summed E-state index contributed by atoms with van der Waals surface area (Å²) in [4.78, 5) is 7.14. The fourth-order valence-corrected chi connectivity index (χ4v) is 11.0. The summed E-state index contributed by atoms with van der Waals surface area (Å²) in [5.41, 5.74) is 9.43. The molecular formula is C68H56N4O. The Morgan fingerprint density at radius 1 is 0.562 bits per heavy atom. The molecule has 13 rings (SSSR count). The number of hydrogen-bond acceptors (Lipinski definition) is 3. The Morgan fingerprint density at radius 2 is 1.19 bits per heavy atom. The van der Waals surface area contributed by atoms with Crippen LogP contribution in [0.4, 0.5) is 11.4 Å². The van der Waals surface area contributed by atoms with Gasteiger partial charge in [-0.1, -0.05) is 180 Å². The number of aromatic nitrogens is 3. The molecule has 0 amide bonds. The maximum Gasteiger partial charge on any atom is 0.137 e. The van der Waals surface area contributed by atoms with Crippen LogP contribution >= 0.6 is 0 Å². The molecule has 0 fully saturated rings. The molecule has 0 saturated carbocycles. The van der Waals surface area contributed by atoms with Crippen LogP contribution in [0.5, 0.6) is 11.5 Å². The number of ether oxygens (including phenoxy) is 1. The lowest BCUT2D eigenvalue weighted by molar-refractivity contribution is 0.483. The van der Waals surface area contributed by atoms with E-state index in [4.69, 9.17) is 19.3 Å². The minimum atomic E-state index is -1.55. The van der Waals surface area contributed by atoms with Crippen LogP contribution in [-0.2, 0) is 18.5 Å². The van der Waals surface area contributed by atoms with Crippen molar-refractivity contribution in [3.05, 3.63) is 230 Å². The molecule has 0 spiro atoms. The number of benzene rings is 9. The molecule has 0 aliphatic carbocycles. The molecule has 1 aliphatic rings. The first-order chi connectivity index (χ1) is 38.5. The van der Waals surface area contributed by atoms with E-state index in [2.05, 4.69) is 156 Å². The van der Waals surface area contributed by atoms with E-state index in [1.807, 2.05) is 68.4 Å². The van der Waals surface area contributed by atoms with Gasteiger partial charge in [0.15, 0.2) is 0 Å². The number of nitrogens with zero attached hydrogens (tertiary/aromatic N) is 4. The topological polar surface area (TPSA) is 35.2 Å². The molecule has 0 saturated heterocycles. The van der Waals surface area contributed by atoms with Crippen LogP contribution in [0.1, 0.15) is 55.3 Å². The van der Waals surface area contributed by atoms with Crippen molar-refractivity contribution in [1.82, 2.24) is 14.1 Å². The molecule has 4 heterocycles. The molecular weight excluding hydrogens is 889 g/mol. The van der Waals surface area contributed by atoms with Gasteiger partial charge in [0.25, 0.3) is 0 Å². The lowest BCUT2D eigenvalue weighted by Crippen LogP contribution is -2.15. The van der Waals surface area contributed by atoms with Crippen molar-refractivity contribution in [2.75, 3.05) is 4.90 Å². The summed E-state index contributed by atoms with van der Waals surface area (Å²) in [6, 6.07) is 60.8. The molecule has 9 aromatic carbocycles. The van der Waals surface area contributed by atoms with Gasteiger partial charge in [0.05, 0.1) is 34.6 Å². The van der Waals surface area contributed by atoms with E-state index in [1.54, 1.807) is 12.3 Å². The molecule has 0 atom stereocenters. The Balaban J connectivity index is 1.01. The van der Waals surface area contributed by atoms with Gasteiger partial charge in [-0.15, -0.1) is 0 Å². The van der Waals surface area contributed by atoms with E-state index >= 15 is 0 Å². The molecule has 0 unspecified atom stereocenters. The van der Waals surface area contributed by atoms with Gasteiger partial charge in [0.1, 0.15) is 24.0 Å². The van der Waals surface area contributed by atoms with Crippen LogP contribution < -0.4 is 9.64 Å². The third-order valence-corrected chi connectivity index (χ3v) is 14.2. The summed E-state index contributed by atoms with van der Waals surface area (Å²) in [7, 11) is 0. The number of rotatable bonds is 8. The largest absolute Gasteiger partial charge is 0.457 e. The zero-order valence-electron chi connectivity index (χ0n) is 48.4. The van der Waals surface area contributed by atoms with Gasteiger partial charge in [0.2, 0.25) is 0 Å². The monoisotopic (exact) mass is 951 g/mol. The maximum absolute atomic E-state index is 9.10. The second-order valence-corrected chi connectivity index (χ2v) is 20.3. The van der Waals surface area contributed by atoms with Gasteiger partial charge in [-0.2, -0.15) is 0 Å². The number of pyridine rings is 1. The highest BCUT2D eigenvalue weighted by Gasteiger charge is 2.27. The third-order valence-electron chi connectivity index (χ3n) is 14.2. The fourth-order valence-electron chi connectivity index (χ4n) is 11.0. The average Bonchev–Trinajstić information content (AvgIpc) is 4.24. The first-order valence-corrected chi connectivity index (χ1v) is 25.0. The molecule has 354 valence electrons. The number of hydrogen-bond donors (Lipinski definition) is 0. The van der Waals surface area contributed by atoms with E-state index in [-0.39, 0.29) is 41.1 Å². The van der Waals surface area contributed by atoms with Gasteiger partial charge in [0, 0.05) is 53.9 Å². The first-order valence-electron chi connectivity index (χ1n) is 28.5. The Hall–Kier alpha value is -8.67. The fraction of sp³-hybridized carbons (Fsp3) is 0.132. The number of fused-ring (bicyclic) bond motifs is 10. The minimum Gasteiger partial charge on any atom is -0.457 e. The molecule has 0 bridgehead atoms. The highest BCUT2D eigenvalue weighted by Crippen LogP contribution is 2.46. The van der Waals surface area contributed by atoms with Gasteiger partial charge in [-0.3, -0.25) is 4.57 Å². The predicted octanol–water partition coefficient (Wildman–Crippen LogP) is 18.4. The van der Waals surface area contributed by atoms with Crippen LogP contribution in [0.25, 0.3) is 93.2 Å². The van der Waals surface area contributed by atoms with Crippen molar-refractivity contribution in [2.24, 2.45) is 5.92 Å². The lowest BCUT2D eigenvalue weighted by Gasteiger charge is -2.23. The summed E-state index contributed by atoms with van der Waals surface area (Å²) in [6.45, 7) is 10.6. The van der Waals surface area contributed by atoms with Crippen LogP contribution in [0.15, 0.2) is 218 Å². The lowest BCUT2D eigenvalue weighted by atomic mass is 9.83. The molecule has 0 radical (unpaired) electrons. The molecule has 5 nitrogen and oxygen atoms in total. The highest BCUT2D eigenvalue weighted by atomic mass is 16.5. The summed E-state index contributed by atoms with van der Waals surface area (Å²) >= 11 is 0. The normalized spacial score (nSPS) is 14.1. The van der Waals surface area contributed by atoms with Crippen LogP contribution in [0, 0.1) is 5.92 Å². The average molecular weight is 952 g/mol. The first kappa shape index (κ1) is 37.2. The van der Waals surface area contributed by atoms with Crippen LogP contribution in [0.2, 0.25) is 0 Å². The quantitative estimate of drug-likeness (QED) is 0.152. The number of anilines is 2. The third kappa shape index (κ3) is 7.75. The SMILES string of the molecule is [2H]c1c([2H])c([2H])c(-c2cc(-c3cccc4c5ccccc5c5ccccc5c5cccc6c5n(c34)CN6c3cccc(Oc4ccc5c6ccccc6n(-c6cc(C([2H])([2H])C(C)C)ccn6)c5c4)c3)cc(C(C)(C)C)c2)c([2H])c1[2H]. The van der Waals surface area contributed by atoms with E-state index in [9.17, 15) is 0 Å². The Kier molecular flexibility index (Phi) is 8.94. The second-order valence-electron chi connectivity index (χ2n) is 20.3. The maximum atomic E-state index is 9.10. The van der Waals surface area contributed by atoms with Crippen LogP contribution in [0.3, 0.4) is 0 Å². The molecule has 73 heavy (non-hydrogen) atoms. The Bertz CT molecular complexity index is 4600. The molecule has 12 aromatic rings. The summed E-state index contributed by atoms with van der Waals surface area (Å²) in [5.74, 6) is 1.67. The molecule has 1 aliphatic heterocycles. The van der Waals surface area contributed by atoms with Gasteiger partial charge in [-0.25, -0.2) is 4.98 Å². The highest BCUT2D eigenvalue weighted by molar-refractivity contribution is 6.22. The zero-order chi connectivity index (χ0) is 55.5. The predicted molar refractivity (Wildman–Crippen MR) is 307 cm³/mol. The van der Waals surface area contributed by atoms with Crippen molar-refractivity contribution in [3.8, 4) is 39.6 Å². The van der Waals surface area contributed by atoms with Crippen molar-refractivity contribution in [3.63, 3.8) is 0 Å². The smallest absolute Gasteiger partial charge is 0.137 e. The minimum absolute atomic E-state index is 0.166. The van der Waals surface area contributed by atoms with Crippen molar-refractivity contribution in [2.45, 2.75) is 53.1 Å². The van der Waals surface area contributed by atoms with E-state index in [1.165, 1.54) is 0 Å². The molecule has 3 aromatic heterocycles. The molecule has 5 heteroatoms. The van der Waals surface area contributed by atoms with Crippen molar-refractivity contribution in [1.29, 1.82) is 0 Å². The van der Waals surface area contributed by atoms with E-state index < -0.39 is 12.4 Å². The van der Waals surface area contributed by atoms with E-state index in [0.29, 0.717) is 35.1 Å². The Labute approximate surface area is 436 Å². The summed E-state index contributed by atoms with van der Waals surface area (Å²) in [5, 5.41) is 8.54.